The molecule has 0 spiro atoms. The molecule has 1 atom stereocenters. The van der Waals surface area contributed by atoms with Crippen LogP contribution in [0, 0.1) is 0 Å². The van der Waals surface area contributed by atoms with Crippen molar-refractivity contribution in [3.05, 3.63) is 0 Å². The van der Waals surface area contributed by atoms with Crippen molar-refractivity contribution in [3.8, 4) is 0 Å². The largest absolute Gasteiger partial charge is 0.480 e. The monoisotopic (exact) mass is 219 g/mol. The van der Waals surface area contributed by atoms with Gasteiger partial charge in [-0.25, -0.2) is 0 Å². The fraction of sp³-hybridized carbons (Fsp3) is 0.778. The second-order valence-corrected chi connectivity index (χ2v) is 2.99. The van der Waals surface area contributed by atoms with E-state index in [4.69, 9.17) is 16.6 Å². The minimum atomic E-state index is -1.16. The van der Waals surface area contributed by atoms with Crippen LogP contribution in [0.4, 0.5) is 0 Å². The first kappa shape index (κ1) is 16.3. The molecule has 6 N–H and O–H groups in total. The molecule has 1 unspecified atom stereocenters. The summed E-state index contributed by atoms with van der Waals surface area (Å²) in [6.07, 6.45) is 1.45. The van der Waals surface area contributed by atoms with Crippen molar-refractivity contribution in [1.82, 2.24) is 5.32 Å². The first-order valence-electron chi connectivity index (χ1n) is 4.53. The zero-order chi connectivity index (χ0) is 11.0. The third kappa shape index (κ3) is 9.17. The second-order valence-electron chi connectivity index (χ2n) is 2.99. The molecular weight excluding hydrogens is 198 g/mol. The van der Waals surface area contributed by atoms with Crippen molar-refractivity contribution in [3.63, 3.8) is 0 Å². The number of hydrogen-bond acceptors (Lipinski definition) is 4. The molecule has 0 radical (unpaired) electrons. The summed E-state index contributed by atoms with van der Waals surface area (Å²) < 4.78 is 0. The van der Waals surface area contributed by atoms with Gasteiger partial charge in [-0.1, -0.05) is 7.43 Å². The van der Waals surface area contributed by atoms with E-state index in [1.807, 2.05) is 0 Å². The summed E-state index contributed by atoms with van der Waals surface area (Å²) in [5.74, 6) is -1.50. The SMILES string of the molecule is C.NCCCCNC(=O)CC(N)C(=O)O. The van der Waals surface area contributed by atoms with Gasteiger partial charge in [0.15, 0.2) is 0 Å². The van der Waals surface area contributed by atoms with Crippen LogP contribution in [0.1, 0.15) is 26.7 Å². The van der Waals surface area contributed by atoms with Crippen LogP contribution in [0.3, 0.4) is 0 Å². The first-order valence-corrected chi connectivity index (χ1v) is 4.53. The third-order valence-corrected chi connectivity index (χ3v) is 1.68. The van der Waals surface area contributed by atoms with Crippen LogP contribution in [0.25, 0.3) is 0 Å². The van der Waals surface area contributed by atoms with Gasteiger partial charge in [0.1, 0.15) is 6.04 Å². The fourth-order valence-corrected chi connectivity index (χ4v) is 0.856. The van der Waals surface area contributed by atoms with Crippen LogP contribution in [-0.4, -0.2) is 36.1 Å². The lowest BCUT2D eigenvalue weighted by molar-refractivity contribution is -0.140. The topological polar surface area (TPSA) is 118 Å². The highest BCUT2D eigenvalue weighted by atomic mass is 16.4. The number of aliphatic carboxylic acids is 1. The Morgan fingerprint density at radius 3 is 2.40 bits per heavy atom. The first-order chi connectivity index (χ1) is 6.57. The van der Waals surface area contributed by atoms with E-state index in [0.29, 0.717) is 13.1 Å². The molecule has 0 aromatic rings. The van der Waals surface area contributed by atoms with E-state index < -0.39 is 12.0 Å². The normalized spacial score (nSPS) is 11.3. The molecule has 6 heteroatoms. The van der Waals surface area contributed by atoms with Crippen molar-refractivity contribution in [2.24, 2.45) is 11.5 Å². The lowest BCUT2D eigenvalue weighted by atomic mass is 10.2. The molecular formula is C9H21N3O3. The van der Waals surface area contributed by atoms with Crippen molar-refractivity contribution in [2.45, 2.75) is 32.7 Å². The molecule has 0 aliphatic heterocycles. The Bertz CT molecular complexity index is 197. The maximum Gasteiger partial charge on any atom is 0.321 e. The highest BCUT2D eigenvalue weighted by Gasteiger charge is 2.15. The van der Waals surface area contributed by atoms with Gasteiger partial charge in [0, 0.05) is 6.54 Å². The van der Waals surface area contributed by atoms with E-state index in [1.54, 1.807) is 0 Å². The molecule has 0 aliphatic rings. The second kappa shape index (κ2) is 9.42. The van der Waals surface area contributed by atoms with Gasteiger partial charge in [-0.05, 0) is 19.4 Å². The van der Waals surface area contributed by atoms with Gasteiger partial charge >= 0.3 is 5.97 Å². The molecule has 0 aliphatic carbocycles. The molecule has 0 aromatic heterocycles. The van der Waals surface area contributed by atoms with Crippen LogP contribution in [-0.2, 0) is 9.59 Å². The van der Waals surface area contributed by atoms with Gasteiger partial charge in [0.25, 0.3) is 0 Å². The third-order valence-electron chi connectivity index (χ3n) is 1.68. The summed E-state index contributed by atoms with van der Waals surface area (Å²) in [6.45, 7) is 1.10. The predicted octanol–water partition coefficient (Wildman–Crippen LogP) is -0.720. The molecule has 6 nitrogen and oxygen atoms in total. The van der Waals surface area contributed by atoms with E-state index in [2.05, 4.69) is 5.32 Å². The molecule has 0 saturated heterocycles. The number of carboxylic acids is 1. The summed E-state index contributed by atoms with van der Waals surface area (Å²) in [5, 5.41) is 11.0. The maximum absolute atomic E-state index is 11.0. The van der Waals surface area contributed by atoms with Gasteiger partial charge in [0.05, 0.1) is 6.42 Å². The highest BCUT2D eigenvalue weighted by molar-refractivity contribution is 5.84. The minimum absolute atomic E-state index is 0. The molecule has 90 valence electrons. The number of hydrogen-bond donors (Lipinski definition) is 4. The van der Waals surface area contributed by atoms with Crippen LogP contribution < -0.4 is 16.8 Å². The van der Waals surface area contributed by atoms with Crippen molar-refractivity contribution in [1.29, 1.82) is 0 Å². The molecule has 0 heterocycles. The molecule has 0 aromatic carbocycles. The average molecular weight is 219 g/mol. The van der Waals surface area contributed by atoms with Gasteiger partial charge in [-0.2, -0.15) is 0 Å². The van der Waals surface area contributed by atoms with Crippen LogP contribution >= 0.6 is 0 Å². The number of nitrogens with one attached hydrogen (secondary N) is 1. The van der Waals surface area contributed by atoms with Crippen molar-refractivity contribution >= 4 is 11.9 Å². The quantitative estimate of drug-likeness (QED) is 0.421. The Morgan fingerprint density at radius 2 is 1.93 bits per heavy atom. The van der Waals surface area contributed by atoms with Crippen LogP contribution in [0.15, 0.2) is 0 Å². The standard InChI is InChI=1S/C8H17N3O3.CH4/c9-3-1-2-4-11-7(12)5-6(10)8(13)14;/h6H,1-5,9-10H2,(H,11,12)(H,13,14);1H4. The molecule has 1 amide bonds. The van der Waals surface area contributed by atoms with Crippen molar-refractivity contribution in [2.75, 3.05) is 13.1 Å². The summed E-state index contributed by atoms with van der Waals surface area (Å²) in [5.41, 5.74) is 10.4. The van der Waals surface area contributed by atoms with Gasteiger partial charge in [-0.3, -0.25) is 9.59 Å². The zero-order valence-electron chi connectivity index (χ0n) is 8.03. The molecule has 0 bridgehead atoms. The zero-order valence-corrected chi connectivity index (χ0v) is 8.03. The highest BCUT2D eigenvalue weighted by Crippen LogP contribution is 1.89. The Kier molecular flexibility index (Phi) is 10.2. The summed E-state index contributed by atoms with van der Waals surface area (Å²) in [4.78, 5) is 21.3. The van der Waals surface area contributed by atoms with Crippen LogP contribution in [0.2, 0.25) is 0 Å². The number of unbranched alkanes of at least 4 members (excludes halogenated alkanes) is 1. The smallest absolute Gasteiger partial charge is 0.321 e. The number of carbonyl (C=O) groups is 2. The molecule has 15 heavy (non-hydrogen) atoms. The lowest BCUT2D eigenvalue weighted by Crippen LogP contribution is -2.37. The molecule has 0 rings (SSSR count). The van der Waals surface area contributed by atoms with Crippen LogP contribution in [0.5, 0.6) is 0 Å². The predicted molar refractivity (Wildman–Crippen MR) is 58.3 cm³/mol. The summed E-state index contributed by atoms with van der Waals surface area (Å²) >= 11 is 0. The number of carboxylic acid groups (broad SMARTS) is 1. The Hall–Kier alpha value is -1.14. The van der Waals surface area contributed by atoms with Crippen molar-refractivity contribution < 1.29 is 14.7 Å². The Labute approximate surface area is 90.0 Å². The van der Waals surface area contributed by atoms with Gasteiger partial charge in [0.2, 0.25) is 5.91 Å². The van der Waals surface area contributed by atoms with E-state index in [9.17, 15) is 9.59 Å². The Morgan fingerprint density at radius 1 is 1.33 bits per heavy atom. The minimum Gasteiger partial charge on any atom is -0.480 e. The molecule has 0 saturated carbocycles. The number of nitrogens with two attached hydrogens (primary N) is 2. The number of amides is 1. The van der Waals surface area contributed by atoms with E-state index in [0.717, 1.165) is 12.8 Å². The van der Waals surface area contributed by atoms with E-state index in [1.165, 1.54) is 0 Å². The number of carbonyl (C=O) groups excluding carboxylic acids is 1. The lowest BCUT2D eigenvalue weighted by Gasteiger charge is -2.07. The summed E-state index contributed by atoms with van der Waals surface area (Å²) in [7, 11) is 0. The summed E-state index contributed by atoms with van der Waals surface area (Å²) in [6, 6.07) is -1.12. The average Bonchev–Trinajstić information content (AvgIpc) is 2.12. The van der Waals surface area contributed by atoms with E-state index in [-0.39, 0.29) is 19.8 Å². The Balaban J connectivity index is 0. The molecule has 0 fully saturated rings. The van der Waals surface area contributed by atoms with Gasteiger partial charge < -0.3 is 21.9 Å². The number of rotatable bonds is 7. The fourth-order valence-electron chi connectivity index (χ4n) is 0.856. The van der Waals surface area contributed by atoms with E-state index >= 15 is 0 Å². The van der Waals surface area contributed by atoms with Gasteiger partial charge in [-0.15, -0.1) is 0 Å². The maximum atomic E-state index is 11.0.